The number of fused-ring (bicyclic) bond motifs is 1. The van der Waals surface area contributed by atoms with Crippen LogP contribution < -0.4 is 9.64 Å². The summed E-state index contributed by atoms with van der Waals surface area (Å²) >= 11 is 0. The number of aliphatic hydroxyl groups is 5. The van der Waals surface area contributed by atoms with Crippen molar-refractivity contribution in [3.8, 4) is 17.2 Å². The summed E-state index contributed by atoms with van der Waals surface area (Å²) in [5.74, 6) is -2.89. The highest BCUT2D eigenvalue weighted by Gasteiger charge is 2.52. The highest BCUT2D eigenvalue weighted by molar-refractivity contribution is 6.32. The highest BCUT2D eigenvalue weighted by atomic mass is 16.7. The van der Waals surface area contributed by atoms with Gasteiger partial charge in [0.1, 0.15) is 42.4 Å². The summed E-state index contributed by atoms with van der Waals surface area (Å²) in [5, 5.41) is 81.2. The van der Waals surface area contributed by atoms with Crippen molar-refractivity contribution < 1.29 is 59.9 Å². The number of hydrogen-bond acceptors (Lipinski definition) is 13. The fraction of sp³-hybridized carbons (Fsp3) is 0.419. The summed E-state index contributed by atoms with van der Waals surface area (Å²) in [5.41, 5.74) is 0.261. The quantitative estimate of drug-likeness (QED) is 0.145. The lowest BCUT2D eigenvalue weighted by Crippen LogP contribution is -2.60. The molecule has 6 unspecified atom stereocenters. The van der Waals surface area contributed by atoms with Gasteiger partial charge in [0, 0.05) is 43.4 Å². The molecule has 0 spiro atoms. The number of hydrogen-bond donors (Lipinski definition) is 8. The summed E-state index contributed by atoms with van der Waals surface area (Å²) < 4.78 is 11.0. The van der Waals surface area contributed by atoms with E-state index in [0.29, 0.717) is 29.9 Å². The smallest absolute Gasteiger partial charge is 0.330 e. The molecule has 3 aliphatic rings. The van der Waals surface area contributed by atoms with Crippen LogP contribution in [0.4, 0.5) is 5.69 Å². The Hall–Kier alpha value is -4.38. The zero-order valence-corrected chi connectivity index (χ0v) is 24.5. The molecule has 246 valence electrons. The summed E-state index contributed by atoms with van der Waals surface area (Å²) in [6, 6.07) is 7.11. The SMILES string of the molecule is O=C(C=Cc1ccc(O)c(CC2=NCN=C2)c1)N1c2cc(OC3OC(CO)C(O)C(O)C3O)c(O)cc2CC1(CCCO)C(=O)O. The number of anilines is 1. The molecule has 0 aromatic heterocycles. The van der Waals surface area contributed by atoms with Crippen LogP contribution in [0.3, 0.4) is 0 Å². The number of phenols is 2. The number of carbonyl (C=O) groups is 2. The van der Waals surface area contributed by atoms with Crippen molar-refractivity contribution in [2.45, 2.75) is 61.9 Å². The van der Waals surface area contributed by atoms with E-state index in [1.165, 1.54) is 30.4 Å². The van der Waals surface area contributed by atoms with Gasteiger partial charge in [-0.3, -0.25) is 19.7 Å². The van der Waals surface area contributed by atoms with E-state index in [1.54, 1.807) is 18.3 Å². The third-order valence-corrected chi connectivity index (χ3v) is 8.26. The number of carbonyl (C=O) groups excluding carboxylic acids is 1. The zero-order chi connectivity index (χ0) is 33.2. The van der Waals surface area contributed by atoms with E-state index in [4.69, 9.17) is 9.47 Å². The van der Waals surface area contributed by atoms with E-state index in [9.17, 15) is 50.4 Å². The lowest BCUT2D eigenvalue weighted by molar-refractivity contribution is -0.277. The lowest BCUT2D eigenvalue weighted by Gasteiger charge is -2.39. The molecular formula is C31H35N3O12. The number of rotatable bonds is 11. The average Bonchev–Trinajstić information content (AvgIpc) is 3.66. The van der Waals surface area contributed by atoms with Gasteiger partial charge in [0.25, 0.3) is 5.91 Å². The molecular weight excluding hydrogens is 606 g/mol. The molecule has 0 bridgehead atoms. The first-order valence-electron chi connectivity index (χ1n) is 14.5. The Morgan fingerprint density at radius 1 is 1.07 bits per heavy atom. The number of aliphatic carboxylic acids is 1. The fourth-order valence-corrected chi connectivity index (χ4v) is 5.85. The molecule has 3 heterocycles. The standard InChI is InChI=1S/C31H35N3O12/c35-7-1-6-31(30(43)44)12-18-10-22(38)23(45-29-28(42)27(41)26(40)24(14-36)46-29)11-20(18)34(31)25(39)5-3-16-2-4-21(37)17(8-16)9-19-13-32-15-33-19/h2-5,8,10-11,13,24,26-29,35-38,40-42H,1,6-7,9,12,14-15H2,(H,43,44). The van der Waals surface area contributed by atoms with E-state index in [0.717, 1.165) is 4.90 Å². The third kappa shape index (κ3) is 6.33. The van der Waals surface area contributed by atoms with Gasteiger partial charge in [0.05, 0.1) is 18.0 Å². The van der Waals surface area contributed by atoms with Gasteiger partial charge in [-0.25, -0.2) is 4.79 Å². The van der Waals surface area contributed by atoms with E-state index < -0.39 is 60.5 Å². The van der Waals surface area contributed by atoms with E-state index in [1.807, 2.05) is 0 Å². The van der Waals surface area contributed by atoms with Crippen molar-refractivity contribution in [1.82, 2.24) is 0 Å². The van der Waals surface area contributed by atoms with Gasteiger partial charge in [-0.1, -0.05) is 6.07 Å². The van der Waals surface area contributed by atoms with E-state index in [-0.39, 0.29) is 48.6 Å². The van der Waals surface area contributed by atoms with Crippen molar-refractivity contribution in [3.05, 3.63) is 53.1 Å². The van der Waals surface area contributed by atoms with Crippen LogP contribution in [-0.4, -0.2) is 121 Å². The minimum atomic E-state index is -1.85. The number of aromatic hydroxyl groups is 2. The molecule has 2 aromatic rings. The minimum Gasteiger partial charge on any atom is -0.508 e. The van der Waals surface area contributed by atoms with Crippen molar-refractivity contribution in [1.29, 1.82) is 0 Å². The van der Waals surface area contributed by atoms with Gasteiger partial charge in [0.2, 0.25) is 6.29 Å². The van der Waals surface area contributed by atoms with Gasteiger partial charge in [-0.05, 0) is 48.2 Å². The molecule has 0 aliphatic carbocycles. The third-order valence-electron chi connectivity index (χ3n) is 8.26. The second-order valence-corrected chi connectivity index (χ2v) is 11.3. The van der Waals surface area contributed by atoms with Gasteiger partial charge < -0.3 is 50.3 Å². The normalized spacial score (nSPS) is 27.2. The Labute approximate surface area is 262 Å². The second kappa shape index (κ2) is 13.5. The first-order valence-corrected chi connectivity index (χ1v) is 14.5. The monoisotopic (exact) mass is 641 g/mol. The van der Waals surface area contributed by atoms with Gasteiger partial charge in [0.15, 0.2) is 11.5 Å². The molecule has 6 atom stereocenters. The maximum absolute atomic E-state index is 13.9. The molecule has 0 radical (unpaired) electrons. The largest absolute Gasteiger partial charge is 0.508 e. The number of phenolic OH excluding ortho intramolecular Hbond substituents is 2. The summed E-state index contributed by atoms with van der Waals surface area (Å²) in [7, 11) is 0. The van der Waals surface area contributed by atoms with Crippen molar-refractivity contribution in [2.75, 3.05) is 24.8 Å². The topological polar surface area (TPSA) is 242 Å². The van der Waals surface area contributed by atoms with Crippen LogP contribution in [0.25, 0.3) is 6.08 Å². The van der Waals surface area contributed by atoms with Crippen LogP contribution in [0, 0.1) is 0 Å². The van der Waals surface area contributed by atoms with Crippen LogP contribution in [0.5, 0.6) is 17.2 Å². The van der Waals surface area contributed by atoms with Crippen LogP contribution in [0.15, 0.2) is 46.4 Å². The number of nitrogens with zero attached hydrogens (tertiary/aromatic N) is 3. The summed E-state index contributed by atoms with van der Waals surface area (Å²) in [4.78, 5) is 36.0. The summed E-state index contributed by atoms with van der Waals surface area (Å²) in [6.07, 6.45) is -3.90. The van der Waals surface area contributed by atoms with Crippen molar-refractivity contribution in [3.63, 3.8) is 0 Å². The fourth-order valence-electron chi connectivity index (χ4n) is 5.85. The molecule has 46 heavy (non-hydrogen) atoms. The minimum absolute atomic E-state index is 0.0283. The Kier molecular flexibility index (Phi) is 9.71. The predicted molar refractivity (Wildman–Crippen MR) is 162 cm³/mol. The number of aliphatic hydroxyl groups excluding tert-OH is 5. The van der Waals surface area contributed by atoms with Crippen LogP contribution >= 0.6 is 0 Å². The van der Waals surface area contributed by atoms with E-state index >= 15 is 0 Å². The maximum Gasteiger partial charge on any atom is 0.330 e. The Bertz CT molecular complexity index is 1570. The number of carboxylic acids is 1. The van der Waals surface area contributed by atoms with Crippen LogP contribution in [0.1, 0.15) is 29.5 Å². The number of aliphatic imine (C=N–C) groups is 2. The van der Waals surface area contributed by atoms with Crippen LogP contribution in [-0.2, 0) is 27.2 Å². The van der Waals surface area contributed by atoms with Gasteiger partial charge in [-0.15, -0.1) is 0 Å². The second-order valence-electron chi connectivity index (χ2n) is 11.3. The molecule has 2 aromatic carbocycles. The molecule has 8 N–H and O–H groups in total. The Balaban J connectivity index is 1.48. The molecule has 3 aliphatic heterocycles. The zero-order valence-electron chi connectivity index (χ0n) is 24.5. The Morgan fingerprint density at radius 2 is 1.85 bits per heavy atom. The number of benzene rings is 2. The molecule has 15 heteroatoms. The number of carboxylic acid groups (broad SMARTS) is 1. The van der Waals surface area contributed by atoms with Crippen molar-refractivity contribution in [2.24, 2.45) is 9.98 Å². The molecule has 1 saturated heterocycles. The number of ether oxygens (including phenoxy) is 2. The van der Waals surface area contributed by atoms with Crippen molar-refractivity contribution >= 4 is 35.6 Å². The van der Waals surface area contributed by atoms with Crippen LogP contribution in [0.2, 0.25) is 0 Å². The van der Waals surface area contributed by atoms with Gasteiger partial charge in [-0.2, -0.15) is 0 Å². The first kappa shape index (κ1) is 33.0. The molecule has 1 amide bonds. The predicted octanol–water partition coefficient (Wildman–Crippen LogP) is -0.500. The molecule has 1 fully saturated rings. The molecule has 0 saturated carbocycles. The average molecular weight is 642 g/mol. The van der Waals surface area contributed by atoms with E-state index in [2.05, 4.69) is 9.98 Å². The molecule has 5 rings (SSSR count). The maximum atomic E-state index is 13.9. The lowest BCUT2D eigenvalue weighted by atomic mass is 9.88. The summed E-state index contributed by atoms with van der Waals surface area (Å²) in [6.45, 7) is -0.741. The first-order chi connectivity index (χ1) is 22.0. The van der Waals surface area contributed by atoms with Gasteiger partial charge >= 0.3 is 5.97 Å². The Morgan fingerprint density at radius 3 is 2.52 bits per heavy atom. The number of amides is 1. The highest BCUT2D eigenvalue weighted by Crippen LogP contribution is 2.47. The molecule has 15 nitrogen and oxygen atoms in total.